The Bertz CT molecular complexity index is 2480. The first-order valence-electron chi connectivity index (χ1n) is 15.9. The second-order valence-corrected chi connectivity index (χ2v) is 11.9. The van der Waals surface area contributed by atoms with Crippen molar-refractivity contribution in [2.45, 2.75) is 0 Å². The zero-order chi connectivity index (χ0) is 32.2. The largest absolute Gasteiger partial charge is 0.496 e. The van der Waals surface area contributed by atoms with E-state index in [4.69, 9.17) is 19.4 Å². The summed E-state index contributed by atoms with van der Waals surface area (Å²) >= 11 is 0. The first-order chi connectivity index (χ1) is 23.7. The number of rotatable bonds is 4. The first-order valence-corrected chi connectivity index (χ1v) is 15.9. The van der Waals surface area contributed by atoms with E-state index in [0.29, 0.717) is 0 Å². The quantitative estimate of drug-likeness (QED) is 0.205. The second kappa shape index (κ2) is 11.1. The van der Waals surface area contributed by atoms with Gasteiger partial charge in [-0.3, -0.25) is 0 Å². The maximum Gasteiger partial charge on any atom is 0.126 e. The number of fused-ring (bicyclic) bond motifs is 10. The van der Waals surface area contributed by atoms with Crippen LogP contribution in [0, 0.1) is 0 Å². The minimum absolute atomic E-state index is 0.840. The Hall–Kier alpha value is -6.40. The number of ether oxygens (including phenoxy) is 2. The maximum atomic E-state index is 5.72. The lowest BCUT2D eigenvalue weighted by Gasteiger charge is -2.12. The Morgan fingerprint density at radius 2 is 0.896 bits per heavy atom. The molecular weight excluding hydrogens is 592 g/mol. The van der Waals surface area contributed by atoms with Crippen LogP contribution in [0.5, 0.6) is 11.5 Å². The molecular formula is C42H30N4O2. The van der Waals surface area contributed by atoms with Crippen molar-refractivity contribution in [1.29, 1.82) is 0 Å². The number of methoxy groups -OCH3 is 2. The van der Waals surface area contributed by atoms with Crippen LogP contribution in [0.2, 0.25) is 0 Å². The Morgan fingerprint density at radius 3 is 1.33 bits per heavy atom. The summed E-state index contributed by atoms with van der Waals surface area (Å²) in [6.45, 7) is 0. The molecule has 0 amide bonds. The molecule has 8 bridgehead atoms. The number of hydrogen-bond donors (Lipinski definition) is 2. The average molecular weight is 623 g/mol. The van der Waals surface area contributed by atoms with E-state index in [-0.39, 0.29) is 0 Å². The average Bonchev–Trinajstić information content (AvgIpc) is 3.95. The van der Waals surface area contributed by atoms with E-state index in [9.17, 15) is 0 Å². The molecule has 9 rings (SSSR count). The number of nitrogens with one attached hydrogen (secondary N) is 2. The van der Waals surface area contributed by atoms with Crippen molar-refractivity contribution in [3.63, 3.8) is 0 Å². The number of benzene rings is 4. The number of hydrogen-bond acceptors (Lipinski definition) is 4. The van der Waals surface area contributed by atoms with Gasteiger partial charge in [0.25, 0.3) is 0 Å². The number of nitrogens with zero attached hydrogens (tertiary/aromatic N) is 2. The molecule has 6 nitrogen and oxygen atoms in total. The van der Waals surface area contributed by atoms with E-state index in [1.165, 1.54) is 0 Å². The lowest BCUT2D eigenvalue weighted by atomic mass is 9.96. The van der Waals surface area contributed by atoms with Crippen LogP contribution in [0.15, 0.2) is 109 Å². The number of aromatic amines is 2. The van der Waals surface area contributed by atoms with Crippen LogP contribution in [0.4, 0.5) is 0 Å². The molecule has 48 heavy (non-hydrogen) atoms. The summed E-state index contributed by atoms with van der Waals surface area (Å²) in [7, 11) is 3.42. The third-order valence-electron chi connectivity index (χ3n) is 9.14. The zero-order valence-electron chi connectivity index (χ0n) is 26.4. The van der Waals surface area contributed by atoms with Gasteiger partial charge in [-0.05, 0) is 107 Å². The van der Waals surface area contributed by atoms with Crippen molar-refractivity contribution in [3.8, 4) is 33.8 Å². The lowest BCUT2D eigenvalue weighted by Crippen LogP contribution is -1.90. The van der Waals surface area contributed by atoms with Crippen LogP contribution >= 0.6 is 0 Å². The Kier molecular flexibility index (Phi) is 6.47. The highest BCUT2D eigenvalue weighted by atomic mass is 16.5. The highest BCUT2D eigenvalue weighted by Gasteiger charge is 2.17. The van der Waals surface area contributed by atoms with Gasteiger partial charge in [0.05, 0.1) is 37.0 Å². The fraction of sp³-hybridized carbons (Fsp3) is 0.0476. The van der Waals surface area contributed by atoms with Gasteiger partial charge < -0.3 is 19.4 Å². The molecule has 0 unspecified atom stereocenters. The summed E-state index contributed by atoms with van der Waals surface area (Å²) in [4.78, 5) is 17.7. The molecule has 0 aliphatic carbocycles. The predicted octanol–water partition coefficient (Wildman–Crippen LogP) is 10.3. The molecule has 0 saturated carbocycles. The lowest BCUT2D eigenvalue weighted by molar-refractivity contribution is 0.420. The smallest absolute Gasteiger partial charge is 0.126 e. The fourth-order valence-electron chi connectivity index (χ4n) is 6.97. The van der Waals surface area contributed by atoms with Gasteiger partial charge in [-0.25, -0.2) is 9.97 Å². The van der Waals surface area contributed by atoms with Crippen molar-refractivity contribution in [3.05, 3.63) is 132 Å². The summed E-state index contributed by atoms with van der Waals surface area (Å²) in [5, 5.41) is 4.30. The van der Waals surface area contributed by atoms with Gasteiger partial charge in [-0.1, -0.05) is 48.5 Å². The molecule has 0 atom stereocenters. The molecule has 2 N–H and O–H groups in total. The summed E-state index contributed by atoms with van der Waals surface area (Å²) in [5.41, 5.74) is 11.5. The van der Waals surface area contributed by atoms with Crippen LogP contribution in [-0.2, 0) is 0 Å². The van der Waals surface area contributed by atoms with E-state index in [1.54, 1.807) is 14.2 Å². The Labute approximate surface area is 276 Å². The molecule has 5 heterocycles. The van der Waals surface area contributed by atoms with E-state index < -0.39 is 0 Å². The molecule has 4 aromatic carbocycles. The summed E-state index contributed by atoms with van der Waals surface area (Å²) < 4.78 is 11.4. The normalized spacial score (nSPS) is 12.2. The standard InChI is InChI=1S/C42H30N4O2/c1-47-39-21-15-33(29-7-3-5-9-31(29)39)41-35-17-11-25(43-35)23-27-13-19-37(45-27)42(34-16-22-40(48-2)32-10-6-4-8-30(32)34)38-20-14-28(46-38)24-26-12-18-36(41)44-26/h3-24,43,46H,1-2H3. The molecule has 0 saturated heterocycles. The van der Waals surface area contributed by atoms with E-state index in [2.05, 4.69) is 119 Å². The van der Waals surface area contributed by atoms with Crippen molar-refractivity contribution in [2.24, 2.45) is 0 Å². The third kappa shape index (κ3) is 4.57. The van der Waals surface area contributed by atoms with E-state index in [1.807, 2.05) is 24.3 Å². The topological polar surface area (TPSA) is 75.8 Å². The fourth-order valence-corrected chi connectivity index (χ4v) is 6.97. The van der Waals surface area contributed by atoms with Crippen LogP contribution in [0.1, 0.15) is 22.8 Å². The van der Waals surface area contributed by atoms with E-state index in [0.717, 1.165) is 100 Å². The van der Waals surface area contributed by atoms with Gasteiger partial charge in [0, 0.05) is 44.0 Å². The highest BCUT2D eigenvalue weighted by Crippen LogP contribution is 2.40. The molecule has 0 radical (unpaired) electrons. The van der Waals surface area contributed by atoms with Gasteiger partial charge in [0.15, 0.2) is 0 Å². The Morgan fingerprint density at radius 1 is 0.458 bits per heavy atom. The molecule has 6 heteroatoms. The molecule has 230 valence electrons. The van der Waals surface area contributed by atoms with Crippen molar-refractivity contribution in [2.75, 3.05) is 14.2 Å². The number of H-pyrrole nitrogens is 2. The molecule has 7 aromatic rings. The van der Waals surface area contributed by atoms with Gasteiger partial charge >= 0.3 is 0 Å². The second-order valence-electron chi connectivity index (χ2n) is 11.9. The van der Waals surface area contributed by atoms with E-state index >= 15 is 0 Å². The highest BCUT2D eigenvalue weighted by molar-refractivity contribution is 6.07. The number of aromatic nitrogens is 4. The SMILES string of the molecule is COc1ccc(-c2c3nc(cc4ccc([nH]4)c(-c4ccc(OC)c5ccccc45)c4nc(cc5ccc2[nH]5)C=C4)C=C3)c2ccccc12. The minimum Gasteiger partial charge on any atom is -0.496 e. The van der Waals surface area contributed by atoms with Crippen LogP contribution < -0.4 is 9.47 Å². The van der Waals surface area contributed by atoms with Crippen LogP contribution in [0.3, 0.4) is 0 Å². The van der Waals surface area contributed by atoms with Crippen molar-refractivity contribution < 1.29 is 9.47 Å². The summed E-state index contributed by atoms with van der Waals surface area (Å²) in [6, 6.07) is 37.6. The van der Waals surface area contributed by atoms with Gasteiger partial charge in [-0.2, -0.15) is 0 Å². The van der Waals surface area contributed by atoms with Gasteiger partial charge in [0.2, 0.25) is 0 Å². The predicted molar refractivity (Wildman–Crippen MR) is 198 cm³/mol. The minimum atomic E-state index is 0.840. The first kappa shape index (κ1) is 27.9. The third-order valence-corrected chi connectivity index (χ3v) is 9.14. The van der Waals surface area contributed by atoms with Gasteiger partial charge in [-0.15, -0.1) is 0 Å². The zero-order valence-corrected chi connectivity index (χ0v) is 26.4. The molecule has 0 spiro atoms. The molecule has 2 aliphatic heterocycles. The summed E-state index contributed by atoms with van der Waals surface area (Å²) in [5.74, 6) is 1.68. The van der Waals surface area contributed by atoms with Crippen molar-refractivity contribution >= 4 is 67.9 Å². The van der Waals surface area contributed by atoms with Crippen LogP contribution in [-0.4, -0.2) is 34.2 Å². The monoisotopic (exact) mass is 622 g/mol. The maximum absolute atomic E-state index is 5.72. The Balaban J connectivity index is 1.35. The molecule has 3 aromatic heterocycles. The molecule has 0 fully saturated rings. The molecule has 2 aliphatic rings. The summed E-state index contributed by atoms with van der Waals surface area (Å²) in [6.07, 6.45) is 8.33. The van der Waals surface area contributed by atoms with Crippen LogP contribution in [0.25, 0.3) is 90.2 Å². The van der Waals surface area contributed by atoms with Gasteiger partial charge in [0.1, 0.15) is 11.5 Å². The van der Waals surface area contributed by atoms with Crippen molar-refractivity contribution in [1.82, 2.24) is 19.9 Å².